The molecular weight excluding hydrogens is 541 g/mol. The van der Waals surface area contributed by atoms with Crippen LogP contribution in [0.25, 0.3) is 6.08 Å². The normalized spacial score (nSPS) is 19.2. The van der Waals surface area contributed by atoms with Gasteiger partial charge in [-0.25, -0.2) is 4.99 Å². The maximum atomic E-state index is 12.8. The van der Waals surface area contributed by atoms with E-state index < -0.39 is 0 Å². The Labute approximate surface area is 205 Å². The van der Waals surface area contributed by atoms with Crippen LogP contribution in [0.4, 0.5) is 11.4 Å². The summed E-state index contributed by atoms with van der Waals surface area (Å²) in [6.45, 7) is 3.29. The Hall–Kier alpha value is -2.24. The predicted molar refractivity (Wildman–Crippen MR) is 137 cm³/mol. The van der Waals surface area contributed by atoms with Gasteiger partial charge in [0.05, 0.1) is 41.6 Å². The third-order valence-electron chi connectivity index (χ3n) is 5.21. The fraction of sp³-hybridized carbons (Fsp3) is 0.304. The van der Waals surface area contributed by atoms with Gasteiger partial charge in [-0.1, -0.05) is 0 Å². The summed E-state index contributed by atoms with van der Waals surface area (Å²) in [7, 11) is 4.96. The Bertz CT molecular complexity index is 1070. The van der Waals surface area contributed by atoms with Gasteiger partial charge in [0.2, 0.25) is 0 Å². The van der Waals surface area contributed by atoms with Crippen molar-refractivity contribution in [2.45, 2.75) is 0 Å². The largest absolute Gasteiger partial charge is 0.493 e. The molecule has 0 aromatic heterocycles. The number of thioether (sulfide) groups is 1. The van der Waals surface area contributed by atoms with Crippen LogP contribution in [0.1, 0.15) is 5.56 Å². The molecule has 2 aromatic carbocycles. The third-order valence-corrected chi connectivity index (χ3v) is 7.07. The average Bonchev–Trinajstić information content (AvgIpc) is 3.07. The van der Waals surface area contributed by atoms with Crippen molar-refractivity contribution in [2.24, 2.45) is 4.99 Å². The minimum absolute atomic E-state index is 0.0801. The van der Waals surface area contributed by atoms with E-state index in [-0.39, 0.29) is 5.91 Å². The van der Waals surface area contributed by atoms with Crippen molar-refractivity contribution in [3.63, 3.8) is 0 Å². The topological polar surface area (TPSA) is 63.6 Å². The zero-order valence-corrected chi connectivity index (χ0v) is 21.1. The van der Waals surface area contributed by atoms with E-state index in [1.165, 1.54) is 11.8 Å². The maximum Gasteiger partial charge on any atom is 0.266 e. The SMILES string of the molecule is COc1cc(/C=C2\SC(=Nc3ccc(N4CCOCC4)cc3)N(C)C2=O)cc(I)c1OC. The molecule has 2 saturated heterocycles. The van der Waals surface area contributed by atoms with E-state index in [0.717, 1.165) is 46.8 Å². The van der Waals surface area contributed by atoms with Crippen molar-refractivity contribution < 1.29 is 19.0 Å². The summed E-state index contributed by atoms with van der Waals surface area (Å²) < 4.78 is 17.2. The van der Waals surface area contributed by atoms with E-state index in [4.69, 9.17) is 19.2 Å². The molecule has 2 heterocycles. The highest BCUT2D eigenvalue weighted by molar-refractivity contribution is 14.1. The number of likely N-dealkylation sites (N-methyl/N-ethyl adjacent to an activating group) is 1. The van der Waals surface area contributed by atoms with Gasteiger partial charge in [-0.15, -0.1) is 0 Å². The number of carbonyl (C=O) groups excluding carboxylic acids is 1. The smallest absolute Gasteiger partial charge is 0.266 e. The molecule has 0 atom stereocenters. The van der Waals surface area contributed by atoms with Gasteiger partial charge in [0.15, 0.2) is 16.7 Å². The minimum Gasteiger partial charge on any atom is -0.493 e. The van der Waals surface area contributed by atoms with Crippen molar-refractivity contribution in [3.05, 3.63) is 50.4 Å². The third kappa shape index (κ3) is 4.89. The molecule has 4 rings (SSSR count). The summed E-state index contributed by atoms with van der Waals surface area (Å²) in [4.78, 5) is 22.0. The summed E-state index contributed by atoms with van der Waals surface area (Å²) in [6, 6.07) is 11.9. The number of carbonyl (C=O) groups is 1. The number of hydrogen-bond donors (Lipinski definition) is 0. The first kappa shape index (κ1) is 22.9. The second kappa shape index (κ2) is 10.1. The van der Waals surface area contributed by atoms with Crippen LogP contribution in [-0.4, -0.2) is 63.5 Å². The molecule has 9 heteroatoms. The monoisotopic (exact) mass is 565 g/mol. The molecule has 0 N–H and O–H groups in total. The number of methoxy groups -OCH3 is 2. The van der Waals surface area contributed by atoms with E-state index in [1.807, 2.05) is 30.3 Å². The number of halogens is 1. The fourth-order valence-electron chi connectivity index (χ4n) is 3.49. The van der Waals surface area contributed by atoms with Gasteiger partial charge >= 0.3 is 0 Å². The molecule has 1 amide bonds. The summed E-state index contributed by atoms with van der Waals surface area (Å²) >= 11 is 3.56. The highest BCUT2D eigenvalue weighted by atomic mass is 127. The second-order valence-electron chi connectivity index (χ2n) is 7.22. The Morgan fingerprint density at radius 2 is 1.84 bits per heavy atom. The molecule has 7 nitrogen and oxygen atoms in total. The Morgan fingerprint density at radius 1 is 1.12 bits per heavy atom. The number of amides is 1. The number of benzene rings is 2. The molecule has 0 spiro atoms. The quantitative estimate of drug-likeness (QED) is 0.397. The van der Waals surface area contributed by atoms with Crippen LogP contribution < -0.4 is 14.4 Å². The van der Waals surface area contributed by atoms with E-state index in [1.54, 1.807) is 26.2 Å². The first-order valence-corrected chi connectivity index (χ1v) is 12.0. The average molecular weight is 565 g/mol. The van der Waals surface area contributed by atoms with Crippen LogP contribution in [-0.2, 0) is 9.53 Å². The van der Waals surface area contributed by atoms with Gasteiger partial charge < -0.3 is 19.1 Å². The number of aliphatic imine (C=N–C) groups is 1. The standard InChI is InChI=1S/C23H24IN3O4S/c1-26-22(28)20(14-15-12-18(24)21(30-3)19(13-15)29-2)32-23(26)25-16-4-6-17(7-5-16)27-8-10-31-11-9-27/h4-7,12-14H,8-11H2,1-3H3/b20-14-,25-23?. The van der Waals surface area contributed by atoms with Crippen molar-refractivity contribution in [3.8, 4) is 11.5 Å². The lowest BCUT2D eigenvalue weighted by molar-refractivity contribution is -0.121. The number of hydrogen-bond acceptors (Lipinski definition) is 7. The van der Waals surface area contributed by atoms with Crippen molar-refractivity contribution in [2.75, 3.05) is 52.5 Å². The first-order valence-electron chi connectivity index (χ1n) is 10.1. The molecule has 0 aliphatic carbocycles. The highest BCUT2D eigenvalue weighted by Gasteiger charge is 2.30. The fourth-order valence-corrected chi connectivity index (χ4v) is 5.33. The van der Waals surface area contributed by atoms with Gasteiger partial charge in [0, 0.05) is 25.8 Å². The Balaban J connectivity index is 1.55. The van der Waals surface area contributed by atoms with Crippen LogP contribution in [0.15, 0.2) is 46.3 Å². The molecule has 168 valence electrons. The zero-order valence-electron chi connectivity index (χ0n) is 18.1. The molecule has 2 aromatic rings. The maximum absolute atomic E-state index is 12.8. The number of ether oxygens (including phenoxy) is 3. The first-order chi connectivity index (χ1) is 15.5. The van der Waals surface area contributed by atoms with Crippen molar-refractivity contribution in [1.82, 2.24) is 4.90 Å². The minimum atomic E-state index is -0.0801. The summed E-state index contributed by atoms with van der Waals surface area (Å²) in [5.74, 6) is 1.23. The number of anilines is 1. The predicted octanol–water partition coefficient (Wildman–Crippen LogP) is 4.38. The van der Waals surface area contributed by atoms with Crippen LogP contribution in [0.3, 0.4) is 0 Å². The molecule has 0 radical (unpaired) electrons. The lowest BCUT2D eigenvalue weighted by atomic mass is 10.2. The van der Waals surface area contributed by atoms with Gasteiger partial charge in [0.1, 0.15) is 0 Å². The van der Waals surface area contributed by atoms with Gasteiger partial charge in [-0.2, -0.15) is 0 Å². The zero-order chi connectivity index (χ0) is 22.7. The molecular formula is C23H24IN3O4S. The molecule has 0 unspecified atom stereocenters. The summed E-state index contributed by atoms with van der Waals surface area (Å²) in [5, 5.41) is 0.649. The van der Waals surface area contributed by atoms with Gasteiger partial charge in [0.25, 0.3) is 5.91 Å². The number of amidine groups is 1. The van der Waals surface area contributed by atoms with E-state index in [0.29, 0.717) is 21.6 Å². The Morgan fingerprint density at radius 3 is 2.50 bits per heavy atom. The molecule has 2 aliphatic heterocycles. The van der Waals surface area contributed by atoms with Crippen molar-refractivity contribution >= 4 is 62.9 Å². The summed E-state index contributed by atoms with van der Waals surface area (Å²) in [5.41, 5.74) is 2.84. The Kier molecular flexibility index (Phi) is 7.27. The number of rotatable bonds is 5. The number of nitrogens with zero attached hydrogens (tertiary/aromatic N) is 3. The van der Waals surface area contributed by atoms with Gasteiger partial charge in [-0.05, 0) is 82.4 Å². The van der Waals surface area contributed by atoms with Crippen LogP contribution >= 0.6 is 34.4 Å². The van der Waals surface area contributed by atoms with Gasteiger partial charge in [-0.3, -0.25) is 9.69 Å². The van der Waals surface area contributed by atoms with Crippen LogP contribution in [0.5, 0.6) is 11.5 Å². The lowest BCUT2D eigenvalue weighted by Crippen LogP contribution is -2.36. The molecule has 32 heavy (non-hydrogen) atoms. The molecule has 2 fully saturated rings. The summed E-state index contributed by atoms with van der Waals surface area (Å²) in [6.07, 6.45) is 1.86. The lowest BCUT2D eigenvalue weighted by Gasteiger charge is -2.28. The van der Waals surface area contributed by atoms with E-state index >= 15 is 0 Å². The molecule has 0 saturated carbocycles. The second-order valence-corrected chi connectivity index (χ2v) is 9.39. The molecule has 0 bridgehead atoms. The highest BCUT2D eigenvalue weighted by Crippen LogP contribution is 2.37. The van der Waals surface area contributed by atoms with Crippen molar-refractivity contribution in [1.29, 1.82) is 0 Å². The van der Waals surface area contributed by atoms with E-state index in [9.17, 15) is 4.79 Å². The molecule has 2 aliphatic rings. The van der Waals surface area contributed by atoms with Crippen LogP contribution in [0, 0.1) is 3.57 Å². The van der Waals surface area contributed by atoms with Crippen LogP contribution in [0.2, 0.25) is 0 Å². The van der Waals surface area contributed by atoms with E-state index in [2.05, 4.69) is 39.6 Å². The number of morpholine rings is 1.